The molecule has 0 aromatic heterocycles. The summed E-state index contributed by atoms with van der Waals surface area (Å²) in [6.07, 6.45) is 0.402. The van der Waals surface area contributed by atoms with Gasteiger partial charge in [0.15, 0.2) is 0 Å². The first kappa shape index (κ1) is 13.3. The lowest BCUT2D eigenvalue weighted by Gasteiger charge is -2.20. The summed E-state index contributed by atoms with van der Waals surface area (Å²) in [6, 6.07) is 4.60. The first-order chi connectivity index (χ1) is 7.41. The lowest BCUT2D eigenvalue weighted by molar-refractivity contribution is -0.142. The lowest BCUT2D eigenvalue weighted by atomic mass is 10.1. The average Bonchev–Trinajstić information content (AvgIpc) is 2.18. The highest BCUT2D eigenvalue weighted by atomic mass is 35.5. The summed E-state index contributed by atoms with van der Waals surface area (Å²) >= 11 is 11.6. The van der Waals surface area contributed by atoms with E-state index in [0.29, 0.717) is 16.5 Å². The Morgan fingerprint density at radius 1 is 1.38 bits per heavy atom. The monoisotopic (exact) mass is 261 g/mol. The van der Waals surface area contributed by atoms with Crippen LogP contribution in [0.4, 0.5) is 0 Å². The molecule has 16 heavy (non-hydrogen) atoms. The van der Waals surface area contributed by atoms with E-state index in [1.807, 2.05) is 0 Å². The third kappa shape index (κ3) is 3.37. The molecule has 0 saturated carbocycles. The number of likely N-dealkylation sites (N-methyl/N-ethyl adjacent to an activating group) is 1. The molecule has 0 aliphatic carbocycles. The first-order valence-corrected chi connectivity index (χ1v) is 5.50. The fourth-order valence-corrected chi connectivity index (χ4v) is 1.70. The predicted octanol–water partition coefficient (Wildman–Crippen LogP) is 2.55. The minimum atomic E-state index is -0.851. The van der Waals surface area contributed by atoms with E-state index in [0.717, 1.165) is 5.56 Å². The SMILES string of the molecule is CN(C)C(Cc1ccc(Cl)c(Cl)c1)C(=O)O. The van der Waals surface area contributed by atoms with E-state index in [9.17, 15) is 4.79 Å². The smallest absolute Gasteiger partial charge is 0.321 e. The minimum Gasteiger partial charge on any atom is -0.480 e. The summed E-state index contributed by atoms with van der Waals surface area (Å²) in [7, 11) is 3.46. The maximum Gasteiger partial charge on any atom is 0.321 e. The van der Waals surface area contributed by atoms with Gasteiger partial charge in [-0.25, -0.2) is 0 Å². The quantitative estimate of drug-likeness (QED) is 0.906. The number of carboxylic acids is 1. The van der Waals surface area contributed by atoms with Gasteiger partial charge >= 0.3 is 5.97 Å². The molecule has 0 aliphatic heterocycles. The highest BCUT2D eigenvalue weighted by Crippen LogP contribution is 2.23. The van der Waals surface area contributed by atoms with Crippen molar-refractivity contribution in [1.29, 1.82) is 0 Å². The first-order valence-electron chi connectivity index (χ1n) is 4.75. The van der Waals surface area contributed by atoms with Crippen LogP contribution < -0.4 is 0 Å². The Hall–Kier alpha value is -0.770. The molecule has 0 saturated heterocycles. The number of rotatable bonds is 4. The highest BCUT2D eigenvalue weighted by molar-refractivity contribution is 6.42. The lowest BCUT2D eigenvalue weighted by Crippen LogP contribution is -2.37. The Bertz CT molecular complexity index is 394. The molecule has 0 aliphatic rings. The molecule has 3 nitrogen and oxygen atoms in total. The molecule has 0 heterocycles. The number of aliphatic carboxylic acids is 1. The van der Waals surface area contributed by atoms with Crippen LogP contribution >= 0.6 is 23.2 Å². The zero-order valence-corrected chi connectivity index (χ0v) is 10.6. The number of hydrogen-bond donors (Lipinski definition) is 1. The van der Waals surface area contributed by atoms with Crippen LogP contribution in [0.1, 0.15) is 5.56 Å². The molecule has 1 aromatic carbocycles. The normalized spacial score (nSPS) is 12.8. The Balaban J connectivity index is 2.86. The molecular weight excluding hydrogens is 249 g/mol. The number of halogens is 2. The number of carbonyl (C=O) groups is 1. The summed E-state index contributed by atoms with van der Waals surface area (Å²) in [5, 5.41) is 9.95. The van der Waals surface area contributed by atoms with Crippen molar-refractivity contribution in [2.75, 3.05) is 14.1 Å². The Labute approximate surface area is 105 Å². The van der Waals surface area contributed by atoms with Crippen LogP contribution in [0.2, 0.25) is 10.0 Å². The number of carboxylic acid groups (broad SMARTS) is 1. The van der Waals surface area contributed by atoms with E-state index in [1.165, 1.54) is 0 Å². The summed E-state index contributed by atoms with van der Waals surface area (Å²) in [5.41, 5.74) is 0.857. The van der Waals surface area contributed by atoms with Crippen LogP contribution in [-0.4, -0.2) is 36.1 Å². The van der Waals surface area contributed by atoms with Gasteiger partial charge in [0, 0.05) is 0 Å². The van der Waals surface area contributed by atoms with E-state index in [2.05, 4.69) is 0 Å². The second kappa shape index (κ2) is 5.53. The van der Waals surface area contributed by atoms with Crippen molar-refractivity contribution in [1.82, 2.24) is 4.90 Å². The molecule has 1 aromatic rings. The number of hydrogen-bond acceptors (Lipinski definition) is 2. The third-order valence-electron chi connectivity index (χ3n) is 2.32. The topological polar surface area (TPSA) is 40.5 Å². The summed E-state index contributed by atoms with van der Waals surface area (Å²) in [6.45, 7) is 0. The Kier molecular flexibility index (Phi) is 4.59. The zero-order valence-electron chi connectivity index (χ0n) is 9.08. The van der Waals surface area contributed by atoms with E-state index in [4.69, 9.17) is 28.3 Å². The van der Waals surface area contributed by atoms with Crippen LogP contribution in [-0.2, 0) is 11.2 Å². The van der Waals surface area contributed by atoms with Crippen LogP contribution in [0, 0.1) is 0 Å². The van der Waals surface area contributed by atoms with Crippen molar-refractivity contribution in [3.05, 3.63) is 33.8 Å². The van der Waals surface area contributed by atoms with Crippen LogP contribution in [0.25, 0.3) is 0 Å². The molecule has 1 rings (SSSR count). The van der Waals surface area contributed by atoms with Crippen LogP contribution in [0.15, 0.2) is 18.2 Å². The fraction of sp³-hybridized carbons (Fsp3) is 0.364. The van der Waals surface area contributed by atoms with E-state index >= 15 is 0 Å². The molecule has 5 heteroatoms. The molecule has 1 N–H and O–H groups in total. The third-order valence-corrected chi connectivity index (χ3v) is 3.06. The van der Waals surface area contributed by atoms with Gasteiger partial charge in [-0.05, 0) is 38.2 Å². The van der Waals surface area contributed by atoms with Gasteiger partial charge in [-0.2, -0.15) is 0 Å². The van der Waals surface area contributed by atoms with Gasteiger partial charge in [0.1, 0.15) is 6.04 Å². The summed E-state index contributed by atoms with van der Waals surface area (Å²) in [5.74, 6) is -0.851. The average molecular weight is 262 g/mol. The highest BCUT2D eigenvalue weighted by Gasteiger charge is 2.20. The molecular formula is C11H13Cl2NO2. The van der Waals surface area contributed by atoms with Crippen molar-refractivity contribution >= 4 is 29.2 Å². The van der Waals surface area contributed by atoms with Gasteiger partial charge < -0.3 is 5.11 Å². The summed E-state index contributed by atoms with van der Waals surface area (Å²) in [4.78, 5) is 12.7. The molecule has 88 valence electrons. The van der Waals surface area contributed by atoms with Gasteiger partial charge in [-0.15, -0.1) is 0 Å². The number of benzene rings is 1. The van der Waals surface area contributed by atoms with Crippen LogP contribution in [0.3, 0.4) is 0 Å². The van der Waals surface area contributed by atoms with Gasteiger partial charge in [-0.1, -0.05) is 29.3 Å². The maximum absolute atomic E-state index is 11.0. The predicted molar refractivity (Wildman–Crippen MR) is 65.3 cm³/mol. The second-order valence-electron chi connectivity index (χ2n) is 3.77. The standard InChI is InChI=1S/C11H13Cl2NO2/c1-14(2)10(11(15)16)6-7-3-4-8(12)9(13)5-7/h3-5,10H,6H2,1-2H3,(H,15,16). The Morgan fingerprint density at radius 2 is 2.00 bits per heavy atom. The Morgan fingerprint density at radius 3 is 2.44 bits per heavy atom. The molecule has 0 radical (unpaired) electrons. The second-order valence-corrected chi connectivity index (χ2v) is 4.58. The molecule has 1 unspecified atom stereocenters. The zero-order chi connectivity index (χ0) is 12.3. The molecule has 1 atom stereocenters. The minimum absolute atomic E-state index is 0.402. The van der Waals surface area contributed by atoms with Gasteiger partial charge in [0.25, 0.3) is 0 Å². The van der Waals surface area contributed by atoms with Crippen LogP contribution in [0.5, 0.6) is 0 Å². The van der Waals surface area contributed by atoms with E-state index in [1.54, 1.807) is 37.2 Å². The van der Waals surface area contributed by atoms with Gasteiger partial charge in [-0.3, -0.25) is 9.69 Å². The van der Waals surface area contributed by atoms with Gasteiger partial charge in [0.05, 0.1) is 10.0 Å². The molecule has 0 spiro atoms. The fourth-order valence-electron chi connectivity index (χ4n) is 1.38. The largest absolute Gasteiger partial charge is 0.480 e. The summed E-state index contributed by atoms with van der Waals surface area (Å²) < 4.78 is 0. The number of nitrogens with zero attached hydrogens (tertiary/aromatic N) is 1. The maximum atomic E-state index is 11.0. The molecule has 0 amide bonds. The van der Waals surface area contributed by atoms with Crippen molar-refractivity contribution in [2.45, 2.75) is 12.5 Å². The van der Waals surface area contributed by atoms with Gasteiger partial charge in [0.2, 0.25) is 0 Å². The molecule has 0 bridgehead atoms. The van der Waals surface area contributed by atoms with E-state index < -0.39 is 12.0 Å². The van der Waals surface area contributed by atoms with Crippen molar-refractivity contribution in [2.24, 2.45) is 0 Å². The van der Waals surface area contributed by atoms with E-state index in [-0.39, 0.29) is 0 Å². The van der Waals surface area contributed by atoms with Crippen molar-refractivity contribution < 1.29 is 9.90 Å². The molecule has 0 fully saturated rings. The van der Waals surface area contributed by atoms with Crippen molar-refractivity contribution in [3.8, 4) is 0 Å². The van der Waals surface area contributed by atoms with Crippen molar-refractivity contribution in [3.63, 3.8) is 0 Å².